The molecular weight excluding hydrogens is 284 g/mol. The van der Waals surface area contributed by atoms with Crippen LogP contribution in [0.25, 0.3) is 0 Å². The molecule has 0 aliphatic heterocycles. The van der Waals surface area contributed by atoms with Gasteiger partial charge in [0.05, 0.1) is 0 Å². The first kappa shape index (κ1) is 17.2. The van der Waals surface area contributed by atoms with Crippen molar-refractivity contribution < 1.29 is 4.79 Å². The molecule has 0 radical (unpaired) electrons. The quantitative estimate of drug-likeness (QED) is 0.815. The van der Waals surface area contributed by atoms with Crippen LogP contribution in [0.1, 0.15) is 23.1 Å². The fourth-order valence-corrected chi connectivity index (χ4v) is 2.72. The van der Waals surface area contributed by atoms with Gasteiger partial charge in [0.25, 0.3) is 0 Å². The van der Waals surface area contributed by atoms with Gasteiger partial charge in [-0.25, -0.2) is 0 Å². The molecule has 2 rings (SSSR count). The maximum atomic E-state index is 12.5. The van der Waals surface area contributed by atoms with Gasteiger partial charge in [0, 0.05) is 26.1 Å². The van der Waals surface area contributed by atoms with E-state index >= 15 is 0 Å². The van der Waals surface area contributed by atoms with Crippen LogP contribution in [0.2, 0.25) is 0 Å². The topological polar surface area (TPSA) is 46.3 Å². The van der Waals surface area contributed by atoms with Crippen LogP contribution >= 0.6 is 0 Å². The van der Waals surface area contributed by atoms with Crippen LogP contribution < -0.4 is 5.73 Å². The van der Waals surface area contributed by atoms with Crippen LogP contribution in [-0.2, 0) is 17.6 Å². The van der Waals surface area contributed by atoms with Crippen molar-refractivity contribution in [1.82, 2.24) is 4.90 Å². The van der Waals surface area contributed by atoms with Crippen molar-refractivity contribution in [1.29, 1.82) is 0 Å². The van der Waals surface area contributed by atoms with E-state index in [1.165, 1.54) is 16.7 Å². The van der Waals surface area contributed by atoms with Gasteiger partial charge >= 0.3 is 0 Å². The van der Waals surface area contributed by atoms with Crippen LogP contribution in [0.15, 0.2) is 54.6 Å². The van der Waals surface area contributed by atoms with Crippen molar-refractivity contribution in [3.63, 3.8) is 0 Å². The first-order valence-electron chi connectivity index (χ1n) is 8.27. The minimum Gasteiger partial charge on any atom is -0.341 e. The molecule has 3 nitrogen and oxygen atoms in total. The molecule has 1 amide bonds. The van der Waals surface area contributed by atoms with Crippen LogP contribution in [0.3, 0.4) is 0 Å². The average molecular weight is 310 g/mol. The van der Waals surface area contributed by atoms with Crippen molar-refractivity contribution in [3.8, 4) is 0 Å². The standard InChI is InChI=1S/C20H26N2O/c1-17-7-5-6-10-19(17)11-12-20(23)22(16-14-21)15-13-18-8-3-2-4-9-18/h2-10H,11-16,21H2,1H3. The van der Waals surface area contributed by atoms with Gasteiger partial charge in [-0.05, 0) is 36.5 Å². The Kier molecular flexibility index (Phi) is 6.82. The third-order valence-electron chi connectivity index (χ3n) is 4.13. The van der Waals surface area contributed by atoms with Gasteiger partial charge in [-0.15, -0.1) is 0 Å². The minimum absolute atomic E-state index is 0.189. The van der Waals surface area contributed by atoms with Crippen molar-refractivity contribution in [3.05, 3.63) is 71.3 Å². The molecule has 0 aliphatic rings. The zero-order chi connectivity index (χ0) is 16.5. The average Bonchev–Trinajstić information content (AvgIpc) is 2.58. The molecule has 0 saturated heterocycles. The second-order valence-corrected chi connectivity index (χ2v) is 5.83. The highest BCUT2D eigenvalue weighted by molar-refractivity contribution is 5.76. The fourth-order valence-electron chi connectivity index (χ4n) is 2.72. The highest BCUT2D eigenvalue weighted by atomic mass is 16.2. The van der Waals surface area contributed by atoms with Crippen molar-refractivity contribution in [2.24, 2.45) is 5.73 Å². The van der Waals surface area contributed by atoms with Gasteiger partial charge < -0.3 is 10.6 Å². The third-order valence-corrected chi connectivity index (χ3v) is 4.13. The van der Waals surface area contributed by atoms with Crippen LogP contribution in [-0.4, -0.2) is 30.4 Å². The highest BCUT2D eigenvalue weighted by Gasteiger charge is 2.13. The number of carbonyl (C=O) groups is 1. The van der Waals surface area contributed by atoms with E-state index in [9.17, 15) is 4.79 Å². The number of hydrogen-bond donors (Lipinski definition) is 1. The normalized spacial score (nSPS) is 10.5. The predicted molar refractivity (Wildman–Crippen MR) is 95.3 cm³/mol. The summed E-state index contributed by atoms with van der Waals surface area (Å²) < 4.78 is 0. The predicted octanol–water partition coefficient (Wildman–Crippen LogP) is 2.96. The number of hydrogen-bond acceptors (Lipinski definition) is 2. The molecule has 0 aromatic heterocycles. The monoisotopic (exact) mass is 310 g/mol. The van der Waals surface area contributed by atoms with E-state index in [0.29, 0.717) is 19.5 Å². The number of nitrogens with zero attached hydrogens (tertiary/aromatic N) is 1. The van der Waals surface area contributed by atoms with E-state index in [-0.39, 0.29) is 5.91 Å². The smallest absolute Gasteiger partial charge is 0.222 e. The highest BCUT2D eigenvalue weighted by Crippen LogP contribution is 2.11. The lowest BCUT2D eigenvalue weighted by Gasteiger charge is -2.22. The number of benzene rings is 2. The largest absolute Gasteiger partial charge is 0.341 e. The third kappa shape index (κ3) is 5.53. The molecule has 0 unspecified atom stereocenters. The molecule has 0 atom stereocenters. The van der Waals surface area contributed by atoms with E-state index in [2.05, 4.69) is 31.2 Å². The lowest BCUT2D eigenvalue weighted by Crippen LogP contribution is -2.37. The number of carbonyl (C=O) groups excluding carboxylic acids is 1. The van der Waals surface area contributed by atoms with Gasteiger partial charge in [0.15, 0.2) is 0 Å². The minimum atomic E-state index is 0.189. The Bertz CT molecular complexity index is 610. The Morgan fingerprint density at radius 3 is 2.35 bits per heavy atom. The Labute approximate surface area is 139 Å². The summed E-state index contributed by atoms with van der Waals surface area (Å²) >= 11 is 0. The molecule has 2 aromatic rings. The molecule has 0 spiro atoms. The van der Waals surface area contributed by atoms with Gasteiger partial charge in [-0.1, -0.05) is 54.6 Å². The van der Waals surface area contributed by atoms with Crippen LogP contribution in [0.5, 0.6) is 0 Å². The van der Waals surface area contributed by atoms with Gasteiger partial charge in [-0.2, -0.15) is 0 Å². The summed E-state index contributed by atoms with van der Waals surface area (Å²) in [5, 5.41) is 0. The van der Waals surface area contributed by atoms with Crippen molar-refractivity contribution in [2.75, 3.05) is 19.6 Å². The van der Waals surface area contributed by atoms with E-state index in [0.717, 1.165) is 19.4 Å². The molecule has 0 aliphatic carbocycles. The van der Waals surface area contributed by atoms with Gasteiger partial charge in [0.2, 0.25) is 5.91 Å². The van der Waals surface area contributed by atoms with E-state index < -0.39 is 0 Å². The van der Waals surface area contributed by atoms with E-state index in [4.69, 9.17) is 5.73 Å². The van der Waals surface area contributed by atoms with Crippen molar-refractivity contribution in [2.45, 2.75) is 26.2 Å². The Hall–Kier alpha value is -2.13. The summed E-state index contributed by atoms with van der Waals surface area (Å²) in [7, 11) is 0. The molecule has 0 fully saturated rings. The number of rotatable bonds is 8. The number of aryl methyl sites for hydroxylation is 2. The molecule has 3 heteroatoms. The maximum absolute atomic E-state index is 12.5. The van der Waals surface area contributed by atoms with E-state index in [1.54, 1.807) is 0 Å². The summed E-state index contributed by atoms with van der Waals surface area (Å²) in [6.45, 7) is 3.95. The summed E-state index contributed by atoms with van der Waals surface area (Å²) in [5.74, 6) is 0.189. The second kappa shape index (κ2) is 9.11. The maximum Gasteiger partial charge on any atom is 0.222 e. The summed E-state index contributed by atoms with van der Waals surface area (Å²) in [4.78, 5) is 14.4. The summed E-state index contributed by atoms with van der Waals surface area (Å²) in [6, 6.07) is 18.5. The molecule has 23 heavy (non-hydrogen) atoms. The number of nitrogens with two attached hydrogens (primary N) is 1. The van der Waals surface area contributed by atoms with E-state index in [1.807, 2.05) is 35.2 Å². The zero-order valence-electron chi connectivity index (χ0n) is 13.9. The Morgan fingerprint density at radius 2 is 1.65 bits per heavy atom. The molecule has 2 N–H and O–H groups in total. The molecular formula is C20H26N2O. The molecule has 122 valence electrons. The SMILES string of the molecule is Cc1ccccc1CCC(=O)N(CCN)CCc1ccccc1. The molecule has 0 saturated carbocycles. The molecule has 0 heterocycles. The zero-order valence-corrected chi connectivity index (χ0v) is 13.9. The first-order valence-corrected chi connectivity index (χ1v) is 8.27. The summed E-state index contributed by atoms with van der Waals surface area (Å²) in [6.07, 6.45) is 2.20. The summed E-state index contributed by atoms with van der Waals surface area (Å²) in [5.41, 5.74) is 9.42. The number of amides is 1. The lowest BCUT2D eigenvalue weighted by molar-refractivity contribution is -0.131. The van der Waals surface area contributed by atoms with Gasteiger partial charge in [-0.3, -0.25) is 4.79 Å². The Morgan fingerprint density at radius 1 is 0.957 bits per heavy atom. The molecule has 0 bridgehead atoms. The van der Waals surface area contributed by atoms with Crippen LogP contribution in [0.4, 0.5) is 0 Å². The molecule has 2 aromatic carbocycles. The van der Waals surface area contributed by atoms with Crippen LogP contribution in [0, 0.1) is 6.92 Å². The Balaban J connectivity index is 1.89. The fraction of sp³-hybridized carbons (Fsp3) is 0.350. The second-order valence-electron chi connectivity index (χ2n) is 5.83. The lowest BCUT2D eigenvalue weighted by atomic mass is 10.0. The first-order chi connectivity index (χ1) is 11.2. The van der Waals surface area contributed by atoms with Gasteiger partial charge in [0.1, 0.15) is 0 Å². The van der Waals surface area contributed by atoms with Crippen molar-refractivity contribution >= 4 is 5.91 Å².